The summed E-state index contributed by atoms with van der Waals surface area (Å²) in [6, 6.07) is 3.37. The van der Waals surface area contributed by atoms with Crippen molar-refractivity contribution in [2.45, 2.75) is 13.1 Å². The van der Waals surface area contributed by atoms with E-state index in [2.05, 4.69) is 4.74 Å². The molecule has 0 saturated heterocycles. The van der Waals surface area contributed by atoms with Gasteiger partial charge in [-0.05, 0) is 19.1 Å². The van der Waals surface area contributed by atoms with Crippen molar-refractivity contribution >= 4 is 17.3 Å². The zero-order chi connectivity index (χ0) is 9.14. The minimum absolute atomic E-state index is 0.402. The van der Waals surface area contributed by atoms with Gasteiger partial charge in [0.1, 0.15) is 0 Å². The molecule has 0 N–H and O–H groups in total. The van der Waals surface area contributed by atoms with Crippen LogP contribution in [0.2, 0.25) is 0 Å². The van der Waals surface area contributed by atoms with E-state index in [4.69, 9.17) is 0 Å². The molecule has 0 aliphatic rings. The fraction of sp³-hybridized carbons (Fsp3) is 0.375. The lowest BCUT2D eigenvalue weighted by molar-refractivity contribution is -0.146. The van der Waals surface area contributed by atoms with E-state index in [1.165, 1.54) is 18.4 Å². The highest BCUT2D eigenvalue weighted by Crippen LogP contribution is 2.26. The summed E-state index contributed by atoms with van der Waals surface area (Å²) >= 11 is 1.26. The first kappa shape index (κ1) is 9.19. The van der Waals surface area contributed by atoms with Crippen molar-refractivity contribution in [3.8, 4) is 0 Å². The number of esters is 1. The molecule has 12 heavy (non-hydrogen) atoms. The van der Waals surface area contributed by atoms with Gasteiger partial charge >= 0.3 is 5.97 Å². The van der Waals surface area contributed by atoms with Crippen LogP contribution in [0, 0.1) is 6.92 Å². The normalized spacial score (nSPS) is 12.6. The number of methoxy groups -OCH3 is 1. The van der Waals surface area contributed by atoms with E-state index in [0.717, 1.165) is 4.88 Å². The first-order chi connectivity index (χ1) is 5.65. The maximum absolute atomic E-state index is 13.1. The Morgan fingerprint density at radius 2 is 2.33 bits per heavy atom. The van der Waals surface area contributed by atoms with Crippen LogP contribution in [0.3, 0.4) is 0 Å². The molecule has 1 heterocycles. The second-order valence-corrected chi connectivity index (χ2v) is 3.65. The SMILES string of the molecule is COC(=O)C(F)c1ccc(C)s1. The van der Waals surface area contributed by atoms with Crippen LogP contribution in [-0.4, -0.2) is 13.1 Å². The van der Waals surface area contributed by atoms with Crippen molar-refractivity contribution in [2.24, 2.45) is 0 Å². The van der Waals surface area contributed by atoms with Gasteiger partial charge in [0.25, 0.3) is 0 Å². The smallest absolute Gasteiger partial charge is 0.346 e. The Balaban J connectivity index is 2.77. The molecule has 1 aromatic rings. The highest BCUT2D eigenvalue weighted by Gasteiger charge is 2.21. The predicted octanol–water partition coefficient (Wildman–Crippen LogP) is 2.24. The molecule has 0 aliphatic heterocycles. The summed E-state index contributed by atoms with van der Waals surface area (Å²) in [6.07, 6.45) is -1.63. The Kier molecular flexibility index (Phi) is 2.81. The summed E-state index contributed by atoms with van der Waals surface area (Å²) < 4.78 is 17.3. The summed E-state index contributed by atoms with van der Waals surface area (Å²) in [5.41, 5.74) is 0. The van der Waals surface area contributed by atoms with E-state index in [9.17, 15) is 9.18 Å². The first-order valence-electron chi connectivity index (χ1n) is 3.43. The highest BCUT2D eigenvalue weighted by atomic mass is 32.1. The van der Waals surface area contributed by atoms with E-state index < -0.39 is 12.1 Å². The molecule has 66 valence electrons. The van der Waals surface area contributed by atoms with E-state index in [0.29, 0.717) is 4.88 Å². The molecule has 2 nitrogen and oxygen atoms in total. The Labute approximate surface area is 74.0 Å². The minimum atomic E-state index is -1.63. The van der Waals surface area contributed by atoms with Crippen LogP contribution in [0.15, 0.2) is 12.1 Å². The predicted molar refractivity (Wildman–Crippen MR) is 44.9 cm³/mol. The van der Waals surface area contributed by atoms with Gasteiger partial charge in [0.15, 0.2) is 0 Å². The molecule has 0 aromatic carbocycles. The van der Waals surface area contributed by atoms with Gasteiger partial charge in [-0.2, -0.15) is 0 Å². The van der Waals surface area contributed by atoms with Crippen molar-refractivity contribution in [1.29, 1.82) is 0 Å². The van der Waals surface area contributed by atoms with Gasteiger partial charge in [0, 0.05) is 4.88 Å². The molecule has 0 bridgehead atoms. The molecular formula is C8H9FO2S. The molecule has 0 saturated carbocycles. The van der Waals surface area contributed by atoms with Crippen LogP contribution >= 0.6 is 11.3 Å². The van der Waals surface area contributed by atoms with Crippen LogP contribution in [0.5, 0.6) is 0 Å². The molecule has 0 spiro atoms. The Morgan fingerprint density at radius 3 is 2.75 bits per heavy atom. The summed E-state index contributed by atoms with van der Waals surface area (Å²) in [7, 11) is 1.18. The van der Waals surface area contributed by atoms with Crippen LogP contribution in [-0.2, 0) is 9.53 Å². The summed E-state index contributed by atoms with van der Waals surface area (Å²) in [5.74, 6) is -0.836. The lowest BCUT2D eigenvalue weighted by atomic mass is 10.3. The summed E-state index contributed by atoms with van der Waals surface area (Å²) in [4.78, 5) is 12.1. The third-order valence-electron chi connectivity index (χ3n) is 1.42. The monoisotopic (exact) mass is 188 g/mol. The molecule has 0 fully saturated rings. The minimum Gasteiger partial charge on any atom is -0.467 e. The maximum Gasteiger partial charge on any atom is 0.346 e. The Morgan fingerprint density at radius 1 is 1.67 bits per heavy atom. The van der Waals surface area contributed by atoms with Crippen LogP contribution in [0.1, 0.15) is 15.9 Å². The summed E-state index contributed by atoms with van der Waals surface area (Å²) in [6.45, 7) is 1.86. The lowest BCUT2D eigenvalue weighted by Gasteiger charge is -2.01. The van der Waals surface area contributed by atoms with Crippen LogP contribution in [0.4, 0.5) is 4.39 Å². The second-order valence-electron chi connectivity index (χ2n) is 2.33. The molecule has 1 atom stereocenters. The topological polar surface area (TPSA) is 26.3 Å². The quantitative estimate of drug-likeness (QED) is 0.665. The van der Waals surface area contributed by atoms with Gasteiger partial charge in [-0.15, -0.1) is 11.3 Å². The van der Waals surface area contributed by atoms with Crippen LogP contribution < -0.4 is 0 Å². The second kappa shape index (κ2) is 3.67. The van der Waals surface area contributed by atoms with Crippen molar-refractivity contribution in [3.63, 3.8) is 0 Å². The zero-order valence-corrected chi connectivity index (χ0v) is 7.65. The number of hydrogen-bond donors (Lipinski definition) is 0. The fourth-order valence-corrected chi connectivity index (χ4v) is 1.65. The number of rotatable bonds is 2. The number of carbonyl (C=O) groups excluding carboxylic acids is 1. The Bertz CT molecular complexity index is 282. The highest BCUT2D eigenvalue weighted by molar-refractivity contribution is 7.12. The number of alkyl halides is 1. The van der Waals surface area contributed by atoms with Gasteiger partial charge < -0.3 is 4.74 Å². The number of aryl methyl sites for hydroxylation is 1. The molecule has 1 aromatic heterocycles. The number of carbonyl (C=O) groups is 1. The number of hydrogen-bond acceptors (Lipinski definition) is 3. The molecule has 1 unspecified atom stereocenters. The van der Waals surface area contributed by atoms with Gasteiger partial charge in [0.05, 0.1) is 12.0 Å². The number of thiophene rings is 1. The first-order valence-corrected chi connectivity index (χ1v) is 4.25. The average Bonchev–Trinajstić information content (AvgIpc) is 2.49. The number of halogens is 1. The average molecular weight is 188 g/mol. The fourth-order valence-electron chi connectivity index (χ4n) is 0.809. The van der Waals surface area contributed by atoms with Gasteiger partial charge in [-0.1, -0.05) is 0 Å². The molecule has 0 amide bonds. The lowest BCUT2D eigenvalue weighted by Crippen LogP contribution is -2.07. The third-order valence-corrected chi connectivity index (χ3v) is 2.46. The standard InChI is InChI=1S/C8H9FO2S/c1-5-3-4-6(12-5)7(9)8(10)11-2/h3-4,7H,1-2H3. The van der Waals surface area contributed by atoms with Gasteiger partial charge in [-0.25, -0.2) is 9.18 Å². The molecule has 0 radical (unpaired) electrons. The number of ether oxygens (including phenoxy) is 1. The maximum atomic E-state index is 13.1. The van der Waals surface area contributed by atoms with E-state index in [1.807, 2.05) is 6.92 Å². The summed E-state index contributed by atoms with van der Waals surface area (Å²) in [5, 5.41) is 0. The van der Waals surface area contributed by atoms with Crippen molar-refractivity contribution in [3.05, 3.63) is 21.9 Å². The largest absolute Gasteiger partial charge is 0.467 e. The Hall–Kier alpha value is -0.900. The van der Waals surface area contributed by atoms with Crippen molar-refractivity contribution in [1.82, 2.24) is 0 Å². The van der Waals surface area contributed by atoms with E-state index in [-0.39, 0.29) is 0 Å². The van der Waals surface area contributed by atoms with Crippen molar-refractivity contribution < 1.29 is 13.9 Å². The molecular weight excluding hydrogens is 179 g/mol. The third kappa shape index (κ3) is 1.82. The molecule has 0 aliphatic carbocycles. The van der Waals surface area contributed by atoms with Gasteiger partial charge in [0.2, 0.25) is 6.17 Å². The van der Waals surface area contributed by atoms with Crippen molar-refractivity contribution in [2.75, 3.05) is 7.11 Å². The van der Waals surface area contributed by atoms with Crippen LogP contribution in [0.25, 0.3) is 0 Å². The van der Waals surface area contributed by atoms with Gasteiger partial charge in [-0.3, -0.25) is 0 Å². The molecule has 1 rings (SSSR count). The molecule has 4 heteroatoms. The van der Waals surface area contributed by atoms with E-state index in [1.54, 1.807) is 12.1 Å². The van der Waals surface area contributed by atoms with E-state index >= 15 is 0 Å². The zero-order valence-electron chi connectivity index (χ0n) is 6.83.